The first-order valence-corrected chi connectivity index (χ1v) is 9.60. The highest BCUT2D eigenvalue weighted by Crippen LogP contribution is 2.39. The van der Waals surface area contributed by atoms with Gasteiger partial charge in [0.2, 0.25) is 5.91 Å². The van der Waals surface area contributed by atoms with Crippen molar-refractivity contribution in [1.29, 1.82) is 0 Å². The van der Waals surface area contributed by atoms with Crippen molar-refractivity contribution >= 4 is 11.9 Å². The van der Waals surface area contributed by atoms with Crippen molar-refractivity contribution in [2.75, 3.05) is 0 Å². The van der Waals surface area contributed by atoms with E-state index in [2.05, 4.69) is 10.6 Å². The molecule has 2 fully saturated rings. The maximum Gasteiger partial charge on any atom is 0.312 e. The number of hydrogen-bond donors (Lipinski definition) is 4. The maximum atomic E-state index is 12.7. The van der Waals surface area contributed by atoms with Crippen LogP contribution in [0, 0.1) is 18.8 Å². The number of rotatable bonds is 5. The Kier molecular flexibility index (Phi) is 5.81. The number of primary amides is 1. The van der Waals surface area contributed by atoms with Gasteiger partial charge in [-0.3, -0.25) is 4.79 Å². The molecule has 6 heteroatoms. The van der Waals surface area contributed by atoms with E-state index >= 15 is 0 Å². The summed E-state index contributed by atoms with van der Waals surface area (Å²) in [4.78, 5) is 24.1. The summed E-state index contributed by atoms with van der Waals surface area (Å²) < 4.78 is 0. The van der Waals surface area contributed by atoms with Gasteiger partial charge >= 0.3 is 6.03 Å². The zero-order valence-electron chi connectivity index (χ0n) is 15.4. The Balaban J connectivity index is 1.67. The monoisotopic (exact) mass is 358 g/mol. The van der Waals surface area contributed by atoms with E-state index in [1.165, 1.54) is 6.42 Å². The number of urea groups is 1. The standard InChI is InChI=1S/C20H30N4O2/c1-12-4-2-5-13(8-12)17(23-20(22)26)11-18(25)24-19-14-6-3-7-15(19)10-16(21)9-14/h2,4-5,8,14-17,19H,3,6-7,9-11,21H2,1H3,(H,24,25)(H3,22,23,26). The summed E-state index contributed by atoms with van der Waals surface area (Å²) in [6.45, 7) is 1.98. The molecule has 0 aromatic heterocycles. The minimum atomic E-state index is -0.621. The molecule has 3 atom stereocenters. The van der Waals surface area contributed by atoms with Gasteiger partial charge in [0, 0.05) is 12.1 Å². The fraction of sp³-hybridized carbons (Fsp3) is 0.600. The smallest absolute Gasteiger partial charge is 0.312 e. The SMILES string of the molecule is Cc1cccc(C(CC(=O)NC2C3CCCC2CC(N)C3)NC(N)=O)c1. The molecule has 0 radical (unpaired) electrons. The fourth-order valence-electron chi connectivity index (χ4n) is 4.77. The highest BCUT2D eigenvalue weighted by molar-refractivity contribution is 5.79. The van der Waals surface area contributed by atoms with E-state index in [1.807, 2.05) is 31.2 Å². The second-order valence-electron chi connectivity index (χ2n) is 7.96. The Morgan fingerprint density at radius 2 is 1.92 bits per heavy atom. The van der Waals surface area contributed by atoms with E-state index in [0.29, 0.717) is 11.8 Å². The van der Waals surface area contributed by atoms with Gasteiger partial charge in [-0.15, -0.1) is 0 Å². The minimum Gasteiger partial charge on any atom is -0.353 e. The predicted molar refractivity (Wildman–Crippen MR) is 101 cm³/mol. The molecule has 1 aromatic rings. The lowest BCUT2D eigenvalue weighted by atomic mass is 9.67. The highest BCUT2D eigenvalue weighted by atomic mass is 16.2. The summed E-state index contributed by atoms with van der Waals surface area (Å²) in [6.07, 6.45) is 5.66. The molecule has 0 saturated heterocycles. The largest absolute Gasteiger partial charge is 0.353 e. The van der Waals surface area contributed by atoms with E-state index < -0.39 is 12.1 Å². The van der Waals surface area contributed by atoms with Crippen molar-refractivity contribution in [3.63, 3.8) is 0 Å². The third-order valence-electron chi connectivity index (χ3n) is 5.85. The van der Waals surface area contributed by atoms with Gasteiger partial charge in [-0.25, -0.2) is 4.79 Å². The normalized spacial score (nSPS) is 28.8. The molecule has 2 aliphatic carbocycles. The number of aryl methyl sites for hydroxylation is 1. The first-order valence-electron chi connectivity index (χ1n) is 9.60. The second kappa shape index (κ2) is 8.08. The van der Waals surface area contributed by atoms with E-state index in [0.717, 1.165) is 36.8 Å². The molecular formula is C20H30N4O2. The molecule has 0 heterocycles. The van der Waals surface area contributed by atoms with Crippen LogP contribution in [0.3, 0.4) is 0 Å². The molecule has 142 valence electrons. The summed E-state index contributed by atoms with van der Waals surface area (Å²) in [6, 6.07) is 7.22. The van der Waals surface area contributed by atoms with Crippen LogP contribution in [0.25, 0.3) is 0 Å². The molecule has 6 nitrogen and oxygen atoms in total. The van der Waals surface area contributed by atoms with Gasteiger partial charge in [-0.05, 0) is 50.0 Å². The number of carbonyl (C=O) groups is 2. The Morgan fingerprint density at radius 1 is 1.23 bits per heavy atom. The molecule has 3 amide bonds. The van der Waals surface area contributed by atoms with Gasteiger partial charge in [-0.2, -0.15) is 0 Å². The van der Waals surface area contributed by atoms with Crippen LogP contribution >= 0.6 is 0 Å². The zero-order valence-corrected chi connectivity index (χ0v) is 15.4. The third-order valence-corrected chi connectivity index (χ3v) is 5.85. The molecule has 0 spiro atoms. The quantitative estimate of drug-likeness (QED) is 0.647. The third kappa shape index (κ3) is 4.55. The van der Waals surface area contributed by atoms with Crippen LogP contribution < -0.4 is 22.1 Å². The number of fused-ring (bicyclic) bond motifs is 2. The first-order chi connectivity index (χ1) is 12.4. The van der Waals surface area contributed by atoms with Crippen molar-refractivity contribution < 1.29 is 9.59 Å². The van der Waals surface area contributed by atoms with Crippen molar-refractivity contribution in [3.05, 3.63) is 35.4 Å². The lowest BCUT2D eigenvalue weighted by Crippen LogP contribution is -2.54. The molecule has 0 aliphatic heterocycles. The van der Waals surface area contributed by atoms with Crippen LogP contribution in [0.2, 0.25) is 0 Å². The average Bonchev–Trinajstić information content (AvgIpc) is 2.54. The van der Waals surface area contributed by atoms with Gasteiger partial charge < -0.3 is 22.1 Å². The molecule has 1 aromatic carbocycles. The number of benzene rings is 1. The Hall–Kier alpha value is -2.08. The van der Waals surface area contributed by atoms with E-state index in [9.17, 15) is 9.59 Å². The van der Waals surface area contributed by atoms with Gasteiger partial charge in [-0.1, -0.05) is 36.2 Å². The van der Waals surface area contributed by atoms with Crippen LogP contribution in [-0.4, -0.2) is 24.0 Å². The average molecular weight is 358 g/mol. The molecule has 3 rings (SSSR count). The van der Waals surface area contributed by atoms with E-state index in [1.54, 1.807) is 0 Å². The van der Waals surface area contributed by atoms with Crippen molar-refractivity contribution in [3.8, 4) is 0 Å². The van der Waals surface area contributed by atoms with Crippen LogP contribution in [-0.2, 0) is 4.79 Å². The number of hydrogen-bond acceptors (Lipinski definition) is 3. The second-order valence-corrected chi connectivity index (χ2v) is 7.96. The maximum absolute atomic E-state index is 12.7. The summed E-state index contributed by atoms with van der Waals surface area (Å²) >= 11 is 0. The summed E-state index contributed by atoms with van der Waals surface area (Å²) in [5.74, 6) is 0.911. The van der Waals surface area contributed by atoms with Gasteiger partial charge in [0.1, 0.15) is 0 Å². The Morgan fingerprint density at radius 3 is 2.54 bits per heavy atom. The number of carbonyl (C=O) groups excluding carboxylic acids is 2. The van der Waals surface area contributed by atoms with E-state index in [4.69, 9.17) is 11.5 Å². The lowest BCUT2D eigenvalue weighted by molar-refractivity contribution is -0.123. The molecule has 2 aliphatic rings. The first kappa shape index (κ1) is 18.7. The molecule has 2 bridgehead atoms. The van der Waals surface area contributed by atoms with Crippen molar-refractivity contribution in [2.45, 2.75) is 63.6 Å². The molecule has 26 heavy (non-hydrogen) atoms. The Bertz CT molecular complexity index is 649. The van der Waals surface area contributed by atoms with Crippen LogP contribution in [0.1, 0.15) is 55.7 Å². The van der Waals surface area contributed by atoms with Crippen LogP contribution in [0.15, 0.2) is 24.3 Å². The van der Waals surface area contributed by atoms with Crippen molar-refractivity contribution in [2.24, 2.45) is 23.3 Å². The minimum absolute atomic E-state index is 0.0392. The highest BCUT2D eigenvalue weighted by Gasteiger charge is 2.40. The summed E-state index contributed by atoms with van der Waals surface area (Å²) in [5.41, 5.74) is 13.5. The molecular weight excluding hydrogens is 328 g/mol. The molecule has 3 unspecified atom stereocenters. The summed E-state index contributed by atoms with van der Waals surface area (Å²) in [5, 5.41) is 5.95. The fourth-order valence-corrected chi connectivity index (χ4v) is 4.77. The molecule has 2 saturated carbocycles. The lowest BCUT2D eigenvalue weighted by Gasteiger charge is -2.45. The number of nitrogens with two attached hydrogens (primary N) is 2. The van der Waals surface area contributed by atoms with E-state index in [-0.39, 0.29) is 24.4 Å². The predicted octanol–water partition coefficient (Wildman–Crippen LogP) is 2.12. The summed E-state index contributed by atoms with van der Waals surface area (Å²) in [7, 11) is 0. The van der Waals surface area contributed by atoms with Gasteiger partial charge in [0.15, 0.2) is 0 Å². The zero-order chi connectivity index (χ0) is 18.7. The Labute approximate surface area is 155 Å². The van der Waals surface area contributed by atoms with Gasteiger partial charge in [0.05, 0.1) is 12.5 Å². The van der Waals surface area contributed by atoms with Gasteiger partial charge in [0.25, 0.3) is 0 Å². The molecule has 6 N–H and O–H groups in total. The van der Waals surface area contributed by atoms with Crippen LogP contribution in [0.4, 0.5) is 4.79 Å². The number of nitrogens with one attached hydrogen (secondary N) is 2. The number of amides is 3. The topological polar surface area (TPSA) is 110 Å². The van der Waals surface area contributed by atoms with Crippen LogP contribution in [0.5, 0.6) is 0 Å². The van der Waals surface area contributed by atoms with Crippen molar-refractivity contribution in [1.82, 2.24) is 10.6 Å².